The van der Waals surface area contributed by atoms with Gasteiger partial charge in [0, 0.05) is 10.6 Å². The van der Waals surface area contributed by atoms with Crippen LogP contribution in [0.2, 0.25) is 5.02 Å². The van der Waals surface area contributed by atoms with E-state index in [-0.39, 0.29) is 12.7 Å². The number of pyridine rings is 1. The highest BCUT2D eigenvalue weighted by atomic mass is 35.5. The van der Waals surface area contributed by atoms with Gasteiger partial charge in [-0.15, -0.1) is 0 Å². The van der Waals surface area contributed by atoms with Crippen LogP contribution in [0.4, 0.5) is 5.82 Å². The first-order valence-electron chi connectivity index (χ1n) is 9.09. The van der Waals surface area contributed by atoms with E-state index in [1.807, 2.05) is 54.6 Å². The van der Waals surface area contributed by atoms with Gasteiger partial charge in [0.05, 0.1) is 11.1 Å². The van der Waals surface area contributed by atoms with Crippen molar-refractivity contribution in [2.45, 2.75) is 18.3 Å². The van der Waals surface area contributed by atoms with Gasteiger partial charge in [-0.1, -0.05) is 41.9 Å². The first kappa shape index (κ1) is 17.1. The number of ether oxygens (including phenoxy) is 2. The molecule has 1 amide bonds. The molecule has 5 rings (SSSR count). The first-order valence-corrected chi connectivity index (χ1v) is 9.47. The van der Waals surface area contributed by atoms with Crippen LogP contribution < -0.4 is 14.8 Å². The minimum absolute atomic E-state index is 0.0600. The van der Waals surface area contributed by atoms with Gasteiger partial charge < -0.3 is 14.8 Å². The predicted octanol–water partition coefficient (Wildman–Crippen LogP) is 4.80. The number of nitrogens with one attached hydrogen (secondary N) is 1. The SMILES string of the molecule is O=C(Nc1cccc(-c2ccccc2Cl)n1)C1(c2ccc3c(c2)OCO3)CC1. The lowest BCUT2D eigenvalue weighted by molar-refractivity contribution is -0.118. The lowest BCUT2D eigenvalue weighted by Gasteiger charge is -2.16. The number of carbonyl (C=O) groups excluding carboxylic acids is 1. The predicted molar refractivity (Wildman–Crippen MR) is 107 cm³/mol. The standard InChI is InChI=1S/C22H17ClN2O3/c23-16-5-2-1-4-15(16)17-6-3-7-20(24-17)25-21(26)22(10-11-22)14-8-9-18-19(12-14)28-13-27-18/h1-9,12H,10-11,13H2,(H,24,25,26). The highest BCUT2D eigenvalue weighted by Gasteiger charge is 2.51. The van der Waals surface area contributed by atoms with E-state index in [9.17, 15) is 4.79 Å². The van der Waals surface area contributed by atoms with Crippen molar-refractivity contribution < 1.29 is 14.3 Å². The molecule has 140 valence electrons. The highest BCUT2D eigenvalue weighted by Crippen LogP contribution is 2.51. The number of rotatable bonds is 4. The average molecular weight is 393 g/mol. The van der Waals surface area contributed by atoms with Crippen molar-refractivity contribution >= 4 is 23.3 Å². The quantitative estimate of drug-likeness (QED) is 0.692. The molecule has 2 aliphatic rings. The van der Waals surface area contributed by atoms with Crippen LogP contribution in [0.25, 0.3) is 11.3 Å². The summed E-state index contributed by atoms with van der Waals surface area (Å²) in [7, 11) is 0. The summed E-state index contributed by atoms with van der Waals surface area (Å²) in [5, 5.41) is 3.60. The number of halogens is 1. The maximum absolute atomic E-state index is 13.1. The number of fused-ring (bicyclic) bond motifs is 1. The van der Waals surface area contributed by atoms with E-state index in [0.717, 1.165) is 29.7 Å². The van der Waals surface area contributed by atoms with Crippen LogP contribution in [-0.2, 0) is 10.2 Å². The molecule has 0 saturated heterocycles. The van der Waals surface area contributed by atoms with Crippen LogP contribution in [0.3, 0.4) is 0 Å². The summed E-state index contributed by atoms with van der Waals surface area (Å²) in [6.45, 7) is 0.219. The third-order valence-electron chi connectivity index (χ3n) is 5.25. The van der Waals surface area contributed by atoms with Crippen LogP contribution in [0.5, 0.6) is 11.5 Å². The summed E-state index contributed by atoms with van der Waals surface area (Å²) in [5.41, 5.74) is 1.95. The van der Waals surface area contributed by atoms with E-state index in [4.69, 9.17) is 21.1 Å². The van der Waals surface area contributed by atoms with Crippen molar-refractivity contribution in [2.75, 3.05) is 12.1 Å². The van der Waals surface area contributed by atoms with Crippen LogP contribution in [0.15, 0.2) is 60.7 Å². The fraction of sp³-hybridized carbons (Fsp3) is 0.182. The molecule has 3 aromatic rings. The van der Waals surface area contributed by atoms with Crippen molar-refractivity contribution in [1.82, 2.24) is 4.98 Å². The minimum atomic E-state index is -0.539. The third-order valence-corrected chi connectivity index (χ3v) is 5.58. The molecule has 0 spiro atoms. The monoisotopic (exact) mass is 392 g/mol. The summed E-state index contributed by atoms with van der Waals surface area (Å²) in [6, 6.07) is 18.7. The van der Waals surface area contributed by atoms with Crippen molar-refractivity contribution in [1.29, 1.82) is 0 Å². The summed E-state index contributed by atoms with van der Waals surface area (Å²) in [4.78, 5) is 17.6. The molecule has 0 bridgehead atoms. The Labute approximate surface area is 167 Å². The smallest absolute Gasteiger partial charge is 0.236 e. The third kappa shape index (κ3) is 2.88. The van der Waals surface area contributed by atoms with Gasteiger partial charge in [-0.2, -0.15) is 0 Å². The molecular weight excluding hydrogens is 376 g/mol. The fourth-order valence-corrected chi connectivity index (χ4v) is 3.76. The fourth-order valence-electron chi connectivity index (χ4n) is 3.53. The van der Waals surface area contributed by atoms with E-state index >= 15 is 0 Å². The second kappa shape index (κ2) is 6.53. The number of benzene rings is 2. The lowest BCUT2D eigenvalue weighted by Crippen LogP contribution is -2.28. The molecule has 1 N–H and O–H groups in total. The van der Waals surface area contributed by atoms with Gasteiger partial charge in [-0.05, 0) is 48.7 Å². The molecule has 0 atom stereocenters. The molecule has 1 fully saturated rings. The van der Waals surface area contributed by atoms with Crippen molar-refractivity contribution in [3.05, 3.63) is 71.2 Å². The minimum Gasteiger partial charge on any atom is -0.454 e. The van der Waals surface area contributed by atoms with Crippen molar-refractivity contribution in [2.24, 2.45) is 0 Å². The maximum atomic E-state index is 13.1. The molecule has 28 heavy (non-hydrogen) atoms. The number of amides is 1. The Morgan fingerprint density at radius 2 is 1.82 bits per heavy atom. The number of nitrogens with zero attached hydrogens (tertiary/aromatic N) is 1. The van der Waals surface area contributed by atoms with Gasteiger partial charge in [-0.25, -0.2) is 4.98 Å². The number of hydrogen-bond acceptors (Lipinski definition) is 4. The largest absolute Gasteiger partial charge is 0.454 e. The van der Waals surface area contributed by atoms with E-state index in [1.54, 1.807) is 6.07 Å². The number of hydrogen-bond donors (Lipinski definition) is 1. The van der Waals surface area contributed by atoms with E-state index < -0.39 is 5.41 Å². The zero-order valence-electron chi connectivity index (χ0n) is 14.9. The van der Waals surface area contributed by atoms with Crippen molar-refractivity contribution in [3.63, 3.8) is 0 Å². The van der Waals surface area contributed by atoms with Gasteiger partial charge in [0.2, 0.25) is 12.7 Å². The van der Waals surface area contributed by atoms with Gasteiger partial charge in [0.25, 0.3) is 0 Å². The summed E-state index contributed by atoms with van der Waals surface area (Å²) in [5.74, 6) is 1.86. The molecule has 2 heterocycles. The molecule has 1 saturated carbocycles. The van der Waals surface area contributed by atoms with Gasteiger partial charge in [0.15, 0.2) is 11.5 Å². The number of aromatic nitrogens is 1. The molecular formula is C22H17ClN2O3. The summed E-state index contributed by atoms with van der Waals surface area (Å²) < 4.78 is 10.8. The number of carbonyl (C=O) groups is 1. The van der Waals surface area contributed by atoms with Crippen LogP contribution in [-0.4, -0.2) is 17.7 Å². The zero-order valence-corrected chi connectivity index (χ0v) is 15.7. The average Bonchev–Trinajstić information content (AvgIpc) is 3.40. The molecule has 1 aliphatic carbocycles. The highest BCUT2D eigenvalue weighted by molar-refractivity contribution is 6.33. The maximum Gasteiger partial charge on any atom is 0.236 e. The van der Waals surface area contributed by atoms with Gasteiger partial charge in [-0.3, -0.25) is 4.79 Å². The van der Waals surface area contributed by atoms with Crippen LogP contribution >= 0.6 is 11.6 Å². The lowest BCUT2D eigenvalue weighted by atomic mass is 9.94. The molecule has 6 heteroatoms. The molecule has 1 aliphatic heterocycles. The Hall–Kier alpha value is -3.05. The molecule has 2 aromatic carbocycles. The first-order chi connectivity index (χ1) is 13.7. The Kier molecular flexibility index (Phi) is 3.98. The molecule has 1 aromatic heterocycles. The Morgan fingerprint density at radius 3 is 2.64 bits per heavy atom. The van der Waals surface area contributed by atoms with Crippen LogP contribution in [0.1, 0.15) is 18.4 Å². The normalized spacial score (nSPS) is 15.9. The summed E-state index contributed by atoms with van der Waals surface area (Å²) in [6.07, 6.45) is 1.59. The molecule has 0 unspecified atom stereocenters. The topological polar surface area (TPSA) is 60.5 Å². The van der Waals surface area contributed by atoms with Crippen LogP contribution in [0, 0.1) is 0 Å². The van der Waals surface area contributed by atoms with E-state index in [2.05, 4.69) is 10.3 Å². The van der Waals surface area contributed by atoms with E-state index in [0.29, 0.717) is 22.3 Å². The van der Waals surface area contributed by atoms with Crippen molar-refractivity contribution in [3.8, 4) is 22.8 Å². The second-order valence-corrected chi connectivity index (χ2v) is 7.40. The zero-order chi connectivity index (χ0) is 19.1. The molecule has 5 nitrogen and oxygen atoms in total. The number of anilines is 1. The van der Waals surface area contributed by atoms with Gasteiger partial charge in [0.1, 0.15) is 5.82 Å². The Bertz CT molecular complexity index is 1080. The Balaban J connectivity index is 1.40. The van der Waals surface area contributed by atoms with Gasteiger partial charge >= 0.3 is 0 Å². The van der Waals surface area contributed by atoms with E-state index in [1.165, 1.54) is 0 Å². The summed E-state index contributed by atoms with van der Waals surface area (Å²) >= 11 is 6.28. The molecule has 0 radical (unpaired) electrons. The Morgan fingerprint density at radius 1 is 1.00 bits per heavy atom. The second-order valence-electron chi connectivity index (χ2n) is 6.99.